The zero-order chi connectivity index (χ0) is 32.9. The Hall–Kier alpha value is -4.32. The Bertz CT molecular complexity index is 2200. The molecule has 10 nitrogen and oxygen atoms in total. The quantitative estimate of drug-likeness (QED) is 0.135. The molecule has 0 spiro atoms. The first-order chi connectivity index (χ1) is 23.4. The van der Waals surface area contributed by atoms with Gasteiger partial charge in [0.25, 0.3) is 5.91 Å². The number of nitrogens with one attached hydrogen (secondary N) is 2. The summed E-state index contributed by atoms with van der Waals surface area (Å²) in [5.41, 5.74) is 2.66. The van der Waals surface area contributed by atoms with Gasteiger partial charge >= 0.3 is 0 Å². The van der Waals surface area contributed by atoms with E-state index in [1.807, 2.05) is 18.2 Å². The second kappa shape index (κ2) is 12.6. The topological polar surface area (TPSA) is 109 Å². The molecular weight excluding hydrogens is 613 g/mol. The predicted octanol–water partition coefficient (Wildman–Crippen LogP) is 4.60. The first-order valence-corrected chi connectivity index (χ1v) is 17.1. The monoisotopic (exact) mass is 653 g/mol. The van der Waals surface area contributed by atoms with Crippen LogP contribution in [0.1, 0.15) is 53.6 Å². The van der Waals surface area contributed by atoms with Crippen LogP contribution in [0.4, 0.5) is 10.1 Å². The van der Waals surface area contributed by atoms with Gasteiger partial charge in [-0.2, -0.15) is 0 Å². The molecule has 5 aromatic rings. The van der Waals surface area contributed by atoms with Crippen molar-refractivity contribution in [3.8, 4) is 0 Å². The lowest BCUT2D eigenvalue weighted by Crippen LogP contribution is -2.38. The predicted molar refractivity (Wildman–Crippen MR) is 186 cm³/mol. The lowest BCUT2D eigenvalue weighted by Gasteiger charge is -2.26. The highest BCUT2D eigenvalue weighted by atomic mass is 19.1. The summed E-state index contributed by atoms with van der Waals surface area (Å²) in [6.07, 6.45) is 10.8. The van der Waals surface area contributed by atoms with Crippen LogP contribution in [0.25, 0.3) is 44.4 Å². The molecule has 48 heavy (non-hydrogen) atoms. The number of aromatic nitrogens is 1. The minimum atomic E-state index is -0.632. The lowest BCUT2D eigenvalue weighted by molar-refractivity contribution is 0.0374. The highest BCUT2D eigenvalue weighted by Gasteiger charge is 2.26. The number of amides is 1. The van der Waals surface area contributed by atoms with Crippen molar-refractivity contribution >= 4 is 56.0 Å². The van der Waals surface area contributed by atoms with Gasteiger partial charge in [0.1, 0.15) is 16.8 Å². The zero-order valence-electron chi connectivity index (χ0n) is 27.2. The molecule has 0 bridgehead atoms. The normalized spacial score (nSPS) is 18.8. The van der Waals surface area contributed by atoms with Crippen molar-refractivity contribution in [3.05, 3.63) is 73.4 Å². The molecule has 1 unspecified atom stereocenters. The highest BCUT2D eigenvalue weighted by Crippen LogP contribution is 2.37. The van der Waals surface area contributed by atoms with E-state index in [9.17, 15) is 14.4 Å². The molecule has 2 fully saturated rings. The summed E-state index contributed by atoms with van der Waals surface area (Å²) in [6.45, 7) is 5.90. The average Bonchev–Trinajstić information content (AvgIpc) is 3.64. The molecule has 1 amide bonds. The Kier molecular flexibility index (Phi) is 8.14. The third-order valence-electron chi connectivity index (χ3n) is 10.5. The van der Waals surface area contributed by atoms with E-state index in [4.69, 9.17) is 9.15 Å². The number of allylic oxidation sites excluding steroid dienone is 1. The Morgan fingerprint density at radius 1 is 1.04 bits per heavy atom. The van der Waals surface area contributed by atoms with Gasteiger partial charge in [-0.05, 0) is 87.8 Å². The number of aryl methyl sites for hydroxylation is 1. The summed E-state index contributed by atoms with van der Waals surface area (Å²) in [7, 11) is 2.11. The number of halogens is 1. The first kappa shape index (κ1) is 31.0. The van der Waals surface area contributed by atoms with Crippen LogP contribution >= 0.6 is 0 Å². The second-order valence-corrected chi connectivity index (χ2v) is 13.4. The Balaban J connectivity index is 1.24. The minimum absolute atomic E-state index is 0.0615. The van der Waals surface area contributed by atoms with E-state index in [2.05, 4.69) is 27.5 Å². The second-order valence-electron chi connectivity index (χ2n) is 13.4. The molecule has 4 heterocycles. The zero-order valence-corrected chi connectivity index (χ0v) is 27.2. The smallest absolute Gasteiger partial charge is 0.256 e. The van der Waals surface area contributed by atoms with Crippen LogP contribution in [0.5, 0.6) is 0 Å². The molecule has 8 rings (SSSR count). The van der Waals surface area contributed by atoms with Gasteiger partial charge in [-0.15, -0.1) is 0 Å². The lowest BCUT2D eigenvalue weighted by atomic mass is 10.00. The van der Waals surface area contributed by atoms with E-state index in [0.29, 0.717) is 59.9 Å². The van der Waals surface area contributed by atoms with Crippen LogP contribution in [0.3, 0.4) is 0 Å². The van der Waals surface area contributed by atoms with E-state index in [1.54, 1.807) is 16.7 Å². The summed E-state index contributed by atoms with van der Waals surface area (Å²) < 4.78 is 29.6. The maximum Gasteiger partial charge on any atom is 0.256 e. The van der Waals surface area contributed by atoms with E-state index < -0.39 is 17.2 Å². The third-order valence-corrected chi connectivity index (χ3v) is 10.5. The van der Waals surface area contributed by atoms with Gasteiger partial charge < -0.3 is 29.1 Å². The summed E-state index contributed by atoms with van der Waals surface area (Å²) in [5.74, 6) is -1.14. The number of hydrogen-bond acceptors (Lipinski definition) is 8. The van der Waals surface area contributed by atoms with E-state index in [-0.39, 0.29) is 27.6 Å². The van der Waals surface area contributed by atoms with Crippen LogP contribution in [0.15, 0.2) is 44.5 Å². The van der Waals surface area contributed by atoms with Crippen LogP contribution < -0.4 is 21.5 Å². The molecule has 0 saturated carbocycles. The van der Waals surface area contributed by atoms with Gasteiger partial charge in [0, 0.05) is 49.4 Å². The Morgan fingerprint density at radius 2 is 1.90 bits per heavy atom. The fraction of sp³-hybridized carbons (Fsp3) is 0.432. The van der Waals surface area contributed by atoms with E-state index in [0.717, 1.165) is 75.7 Å². The molecule has 1 atom stereocenters. The van der Waals surface area contributed by atoms with Gasteiger partial charge in [-0.25, -0.2) is 4.39 Å². The van der Waals surface area contributed by atoms with Crippen LogP contribution in [0.2, 0.25) is 0 Å². The van der Waals surface area contributed by atoms with Crippen molar-refractivity contribution < 1.29 is 18.3 Å². The molecular formula is C37H40FN5O5. The molecule has 2 aliphatic heterocycles. The standard InChI is InChI=1S/C37H40FN5O5/c1-41-12-4-6-22(41)9-11-39-32-29(38)18-27-33-36(32)48-31-20-26-25(23-7-2-3-8-24(23)34(26)44)19-30(31)43(33)21-28(35(27)45)37(46)40-10-5-13-42-14-16-47-17-15-42/h3,8,18-22,39H,2,4-7,9-17H2,1H3,(H,40,46). The SMILES string of the molecule is CN1CCCC1CCNc1c(F)cc2c(=O)c(C(=O)NCCCN3CCOCC3)cn3c4cc5c6c(c(=O)c5cc4oc1c23)C=CCC6. The number of fused-ring (bicyclic) bond motifs is 5. The number of hydrogen-bond donors (Lipinski definition) is 2. The molecule has 2 saturated heterocycles. The minimum Gasteiger partial charge on any atom is -0.451 e. The van der Waals surface area contributed by atoms with Crippen molar-refractivity contribution in [3.63, 3.8) is 0 Å². The molecule has 1 aliphatic carbocycles. The number of ether oxygens (including phenoxy) is 1. The molecule has 2 N–H and O–H groups in total. The van der Waals surface area contributed by atoms with Crippen molar-refractivity contribution in [1.29, 1.82) is 0 Å². The fourth-order valence-electron chi connectivity index (χ4n) is 7.86. The van der Waals surface area contributed by atoms with Gasteiger partial charge in [0.15, 0.2) is 22.4 Å². The number of pyridine rings is 1. The fourth-order valence-corrected chi connectivity index (χ4v) is 7.86. The van der Waals surface area contributed by atoms with Gasteiger partial charge in [0.2, 0.25) is 5.43 Å². The van der Waals surface area contributed by atoms with Crippen LogP contribution in [-0.4, -0.2) is 85.7 Å². The average molecular weight is 654 g/mol. The molecule has 3 aliphatic rings. The number of morpholine rings is 1. The van der Waals surface area contributed by atoms with Crippen LogP contribution in [0, 0.1) is 5.82 Å². The molecule has 3 aromatic carbocycles. The number of carbonyl (C=O) groups is 1. The molecule has 2 aromatic heterocycles. The maximum absolute atomic E-state index is 16.0. The largest absolute Gasteiger partial charge is 0.451 e. The molecule has 11 heteroatoms. The van der Waals surface area contributed by atoms with Crippen molar-refractivity contribution in [1.82, 2.24) is 19.5 Å². The van der Waals surface area contributed by atoms with E-state index >= 15 is 4.39 Å². The van der Waals surface area contributed by atoms with Crippen molar-refractivity contribution in [2.45, 2.75) is 44.6 Å². The first-order valence-electron chi connectivity index (χ1n) is 17.1. The molecule has 250 valence electrons. The number of likely N-dealkylation sites (tertiary alicyclic amines) is 1. The summed E-state index contributed by atoms with van der Waals surface area (Å²) in [4.78, 5) is 45.5. The number of benzene rings is 2. The number of rotatable bonds is 9. The molecule has 0 radical (unpaired) electrons. The number of nitrogens with zero attached hydrogens (tertiary/aromatic N) is 3. The summed E-state index contributed by atoms with van der Waals surface area (Å²) >= 11 is 0. The Labute approximate surface area is 276 Å². The van der Waals surface area contributed by atoms with E-state index in [1.165, 1.54) is 6.07 Å². The highest BCUT2D eigenvalue weighted by molar-refractivity contribution is 6.08. The Morgan fingerprint density at radius 3 is 2.71 bits per heavy atom. The summed E-state index contributed by atoms with van der Waals surface area (Å²) in [6, 6.07) is 5.26. The van der Waals surface area contributed by atoms with Gasteiger partial charge in [0.05, 0.1) is 24.1 Å². The van der Waals surface area contributed by atoms with Crippen LogP contribution in [-0.2, 0) is 11.2 Å². The van der Waals surface area contributed by atoms with Gasteiger partial charge in [-0.1, -0.05) is 12.2 Å². The van der Waals surface area contributed by atoms with Crippen molar-refractivity contribution in [2.24, 2.45) is 0 Å². The van der Waals surface area contributed by atoms with Crippen molar-refractivity contribution in [2.75, 3.05) is 64.8 Å². The third kappa shape index (κ3) is 5.34. The van der Waals surface area contributed by atoms with Gasteiger partial charge in [-0.3, -0.25) is 19.3 Å². The summed E-state index contributed by atoms with van der Waals surface area (Å²) in [5, 5.41) is 7.61. The maximum atomic E-state index is 16.0. The number of carbonyl (C=O) groups excluding carboxylic acids is 1. The number of anilines is 1.